The maximum absolute atomic E-state index is 5.77. The number of rotatable bonds is 2. The number of aromatic nitrogens is 1. The smallest absolute Gasteiger partial charge is 0.130 e. The largest absolute Gasteiger partial charge is 0.397 e. The molecule has 3 heteroatoms. The van der Waals surface area contributed by atoms with E-state index in [-0.39, 0.29) is 0 Å². The van der Waals surface area contributed by atoms with Crippen molar-refractivity contribution in [3.63, 3.8) is 0 Å². The number of fused-ring (bicyclic) bond motifs is 1. The van der Waals surface area contributed by atoms with E-state index in [1.807, 2.05) is 13.0 Å². The van der Waals surface area contributed by atoms with E-state index < -0.39 is 0 Å². The van der Waals surface area contributed by atoms with Crippen molar-refractivity contribution in [1.82, 2.24) is 4.98 Å². The Morgan fingerprint density at radius 3 is 2.83 bits per heavy atom. The Balaban J connectivity index is 1.85. The number of hydrogen-bond donors (Lipinski definition) is 2. The molecule has 18 heavy (non-hydrogen) atoms. The van der Waals surface area contributed by atoms with Crippen LogP contribution in [0, 0.1) is 6.92 Å². The first-order valence-corrected chi connectivity index (χ1v) is 6.33. The lowest BCUT2D eigenvalue weighted by Gasteiger charge is -2.09. The molecule has 3 N–H and O–H groups in total. The minimum absolute atomic E-state index is 0.731. The van der Waals surface area contributed by atoms with E-state index in [0.717, 1.165) is 22.8 Å². The van der Waals surface area contributed by atoms with Crippen molar-refractivity contribution in [1.29, 1.82) is 0 Å². The van der Waals surface area contributed by atoms with Crippen LogP contribution in [0.1, 0.15) is 23.1 Å². The van der Waals surface area contributed by atoms with Crippen LogP contribution in [0.15, 0.2) is 30.5 Å². The molecule has 1 aliphatic rings. The first-order valence-electron chi connectivity index (χ1n) is 6.33. The average molecular weight is 239 g/mol. The van der Waals surface area contributed by atoms with E-state index in [0.29, 0.717) is 0 Å². The topological polar surface area (TPSA) is 50.9 Å². The number of pyridine rings is 1. The highest BCUT2D eigenvalue weighted by molar-refractivity contribution is 5.61. The van der Waals surface area contributed by atoms with Crippen molar-refractivity contribution in [3.05, 3.63) is 47.2 Å². The van der Waals surface area contributed by atoms with Crippen LogP contribution < -0.4 is 11.1 Å². The summed E-state index contributed by atoms with van der Waals surface area (Å²) >= 11 is 0. The van der Waals surface area contributed by atoms with Crippen LogP contribution in [0.4, 0.5) is 17.2 Å². The summed E-state index contributed by atoms with van der Waals surface area (Å²) in [5.41, 5.74) is 11.6. The number of hydrogen-bond acceptors (Lipinski definition) is 3. The molecule has 0 fully saturated rings. The van der Waals surface area contributed by atoms with Crippen molar-refractivity contribution in [2.24, 2.45) is 0 Å². The van der Waals surface area contributed by atoms with Crippen LogP contribution in [0.5, 0.6) is 0 Å². The number of nitrogens with zero attached hydrogens (tertiary/aromatic N) is 1. The van der Waals surface area contributed by atoms with Crippen molar-refractivity contribution in [2.75, 3.05) is 11.1 Å². The third kappa shape index (κ3) is 2.04. The van der Waals surface area contributed by atoms with Crippen LogP contribution in [0.3, 0.4) is 0 Å². The van der Waals surface area contributed by atoms with Gasteiger partial charge < -0.3 is 11.1 Å². The second-order valence-electron chi connectivity index (χ2n) is 4.89. The first kappa shape index (κ1) is 11.1. The maximum Gasteiger partial charge on any atom is 0.130 e. The zero-order valence-electron chi connectivity index (χ0n) is 10.5. The maximum atomic E-state index is 5.77. The van der Waals surface area contributed by atoms with Crippen LogP contribution >= 0.6 is 0 Å². The molecule has 0 aliphatic heterocycles. The Morgan fingerprint density at radius 2 is 2.00 bits per heavy atom. The van der Waals surface area contributed by atoms with Gasteiger partial charge in [-0.1, -0.05) is 6.07 Å². The number of nitrogens with two attached hydrogens (primary N) is 1. The molecule has 0 saturated heterocycles. The molecule has 0 spiro atoms. The fraction of sp³-hybridized carbons (Fsp3) is 0.267. The third-order valence-electron chi connectivity index (χ3n) is 3.52. The monoisotopic (exact) mass is 239 g/mol. The predicted molar refractivity (Wildman–Crippen MR) is 75.1 cm³/mol. The van der Waals surface area contributed by atoms with E-state index in [1.165, 1.54) is 30.4 Å². The van der Waals surface area contributed by atoms with Gasteiger partial charge in [0.05, 0.1) is 11.9 Å². The van der Waals surface area contributed by atoms with Crippen molar-refractivity contribution < 1.29 is 0 Å². The number of aryl methyl sites for hydroxylation is 3. The average Bonchev–Trinajstić information content (AvgIpc) is 2.81. The lowest BCUT2D eigenvalue weighted by Crippen LogP contribution is -1.97. The molecule has 0 amide bonds. The molecule has 1 aromatic heterocycles. The van der Waals surface area contributed by atoms with Gasteiger partial charge in [-0.3, -0.25) is 0 Å². The molecular formula is C15H17N3. The van der Waals surface area contributed by atoms with E-state index >= 15 is 0 Å². The van der Waals surface area contributed by atoms with Crippen LogP contribution in [-0.4, -0.2) is 4.98 Å². The molecule has 0 bridgehead atoms. The zero-order chi connectivity index (χ0) is 12.5. The molecule has 0 atom stereocenters. The molecule has 1 heterocycles. The summed E-state index contributed by atoms with van der Waals surface area (Å²) in [6.07, 6.45) is 5.39. The molecular weight excluding hydrogens is 222 g/mol. The summed E-state index contributed by atoms with van der Waals surface area (Å²) in [4.78, 5) is 4.29. The van der Waals surface area contributed by atoms with Gasteiger partial charge >= 0.3 is 0 Å². The second-order valence-corrected chi connectivity index (χ2v) is 4.89. The summed E-state index contributed by atoms with van der Waals surface area (Å²) in [7, 11) is 0. The lowest BCUT2D eigenvalue weighted by atomic mass is 10.1. The molecule has 1 aromatic carbocycles. The highest BCUT2D eigenvalue weighted by atomic mass is 15.0. The van der Waals surface area contributed by atoms with Gasteiger partial charge in [-0.15, -0.1) is 0 Å². The van der Waals surface area contributed by atoms with E-state index in [2.05, 4.69) is 28.5 Å². The molecule has 92 valence electrons. The van der Waals surface area contributed by atoms with Crippen LogP contribution in [0.2, 0.25) is 0 Å². The number of nitrogens with one attached hydrogen (secondary N) is 1. The first-order chi connectivity index (χ1) is 8.72. The standard InChI is InChI=1S/C15H17N3/c1-10-7-15(17-9-14(10)16)18-13-6-5-11-3-2-4-12(11)8-13/h5-9H,2-4,16H2,1H3,(H,17,18). The quantitative estimate of drug-likeness (QED) is 0.846. The molecule has 3 rings (SSSR count). The summed E-state index contributed by atoms with van der Waals surface area (Å²) in [5.74, 6) is 0.847. The summed E-state index contributed by atoms with van der Waals surface area (Å²) in [6, 6.07) is 8.55. The number of benzene rings is 1. The Hall–Kier alpha value is -2.03. The SMILES string of the molecule is Cc1cc(Nc2ccc3c(c2)CCC3)ncc1N. The molecule has 0 radical (unpaired) electrons. The normalized spacial score (nSPS) is 13.4. The van der Waals surface area contributed by atoms with Crippen molar-refractivity contribution in [2.45, 2.75) is 26.2 Å². The Labute approximate surface area is 107 Å². The second kappa shape index (κ2) is 4.33. The van der Waals surface area contributed by atoms with Crippen LogP contribution in [-0.2, 0) is 12.8 Å². The van der Waals surface area contributed by atoms with E-state index in [1.54, 1.807) is 6.20 Å². The summed E-state index contributed by atoms with van der Waals surface area (Å²) < 4.78 is 0. The summed E-state index contributed by atoms with van der Waals surface area (Å²) in [6.45, 7) is 1.99. The number of nitrogen functional groups attached to an aromatic ring is 1. The minimum atomic E-state index is 0.731. The highest BCUT2D eigenvalue weighted by Crippen LogP contribution is 2.26. The van der Waals surface area contributed by atoms with Gasteiger partial charge in [0.2, 0.25) is 0 Å². The minimum Gasteiger partial charge on any atom is -0.397 e. The fourth-order valence-corrected chi connectivity index (χ4v) is 2.43. The zero-order valence-corrected chi connectivity index (χ0v) is 10.5. The molecule has 2 aromatic rings. The Bertz CT molecular complexity index is 590. The van der Waals surface area contributed by atoms with Gasteiger partial charge in [-0.25, -0.2) is 4.98 Å². The van der Waals surface area contributed by atoms with Crippen molar-refractivity contribution >= 4 is 17.2 Å². The van der Waals surface area contributed by atoms with Gasteiger partial charge in [-0.2, -0.15) is 0 Å². The lowest BCUT2D eigenvalue weighted by molar-refractivity contribution is 0.912. The number of anilines is 3. The Kier molecular flexibility index (Phi) is 2.67. The molecule has 0 unspecified atom stereocenters. The van der Waals surface area contributed by atoms with E-state index in [9.17, 15) is 0 Å². The van der Waals surface area contributed by atoms with E-state index in [4.69, 9.17) is 5.73 Å². The van der Waals surface area contributed by atoms with Gasteiger partial charge in [0.1, 0.15) is 5.82 Å². The van der Waals surface area contributed by atoms with Gasteiger partial charge in [0.15, 0.2) is 0 Å². The third-order valence-corrected chi connectivity index (χ3v) is 3.52. The van der Waals surface area contributed by atoms with Gasteiger partial charge in [0, 0.05) is 5.69 Å². The van der Waals surface area contributed by atoms with Gasteiger partial charge in [-0.05, 0) is 61.1 Å². The van der Waals surface area contributed by atoms with Crippen molar-refractivity contribution in [3.8, 4) is 0 Å². The molecule has 3 nitrogen and oxygen atoms in total. The Morgan fingerprint density at radius 1 is 1.17 bits per heavy atom. The van der Waals surface area contributed by atoms with Gasteiger partial charge in [0.25, 0.3) is 0 Å². The molecule has 0 saturated carbocycles. The summed E-state index contributed by atoms with van der Waals surface area (Å²) in [5, 5.41) is 3.34. The fourth-order valence-electron chi connectivity index (χ4n) is 2.43. The highest BCUT2D eigenvalue weighted by Gasteiger charge is 2.10. The van der Waals surface area contributed by atoms with Crippen LogP contribution in [0.25, 0.3) is 0 Å². The predicted octanol–water partition coefficient (Wildman–Crippen LogP) is 3.20. The molecule has 1 aliphatic carbocycles.